The Balaban J connectivity index is 5.19. The van der Waals surface area contributed by atoms with Crippen molar-refractivity contribution in [3.05, 3.63) is 23.7 Å². The Kier molecular flexibility index (Phi) is 12.7. The van der Waals surface area contributed by atoms with Crippen LogP contribution in [0.4, 0.5) is 0 Å². The molecule has 0 aliphatic rings. The summed E-state index contributed by atoms with van der Waals surface area (Å²) >= 11 is 17.7. The molecule has 0 heterocycles. The quantitative estimate of drug-likeness (QED) is 0.171. The molecule has 124 valence electrons. The summed E-state index contributed by atoms with van der Waals surface area (Å²) in [6.07, 6.45) is 5.68. The number of halogens is 3. The van der Waals surface area contributed by atoms with Crippen LogP contribution in [0.1, 0.15) is 33.1 Å². The molecule has 0 aromatic heterocycles. The molecule has 0 radical (unpaired) electrons. The number of alkyl halides is 3. The standard InChI is InChI=1S/C14H25Cl3O3Si/c1-3-12(10-16)19-14(7-8-15,6-5-9-18-21)20-13(4-2)11-17/h3-4H,5-11H2,1-2,21H3. The monoisotopic (exact) mass is 374 g/mol. The molecule has 0 spiro atoms. The van der Waals surface area contributed by atoms with E-state index < -0.39 is 5.79 Å². The van der Waals surface area contributed by atoms with Gasteiger partial charge >= 0.3 is 0 Å². The topological polar surface area (TPSA) is 27.7 Å². The second kappa shape index (κ2) is 12.6. The minimum absolute atomic E-state index is 0.285. The molecule has 0 N–H and O–H groups in total. The predicted octanol–water partition coefficient (Wildman–Crippen LogP) is 3.71. The summed E-state index contributed by atoms with van der Waals surface area (Å²) in [5.41, 5.74) is 0. The minimum atomic E-state index is -0.852. The molecule has 0 aromatic rings. The van der Waals surface area contributed by atoms with Gasteiger partial charge in [0, 0.05) is 25.3 Å². The average molecular weight is 376 g/mol. The van der Waals surface area contributed by atoms with E-state index in [2.05, 4.69) is 0 Å². The van der Waals surface area contributed by atoms with Gasteiger partial charge < -0.3 is 13.9 Å². The van der Waals surface area contributed by atoms with Crippen LogP contribution in [0.15, 0.2) is 23.7 Å². The molecule has 0 aromatic carbocycles. The van der Waals surface area contributed by atoms with Crippen LogP contribution in [0.3, 0.4) is 0 Å². The molecule has 7 heteroatoms. The molecule has 0 rings (SSSR count). The first-order valence-corrected chi connectivity index (χ1v) is 9.38. The van der Waals surface area contributed by atoms with Gasteiger partial charge in [-0.1, -0.05) is 0 Å². The molecular formula is C14H25Cl3O3Si. The van der Waals surface area contributed by atoms with Crippen LogP contribution in [-0.4, -0.2) is 40.5 Å². The van der Waals surface area contributed by atoms with Crippen molar-refractivity contribution in [2.75, 3.05) is 24.2 Å². The SMILES string of the molecule is CC=C(CCl)OC(CCCl)(CCCO[SiH3])OC(=CC)CCl. The lowest BCUT2D eigenvalue weighted by Crippen LogP contribution is -2.37. The highest BCUT2D eigenvalue weighted by atomic mass is 35.5. The van der Waals surface area contributed by atoms with Crippen LogP contribution in [0.2, 0.25) is 0 Å². The van der Waals surface area contributed by atoms with Crippen LogP contribution in [0.5, 0.6) is 0 Å². The predicted molar refractivity (Wildman–Crippen MR) is 94.3 cm³/mol. The largest absolute Gasteiger partial charge is 0.456 e. The lowest BCUT2D eigenvalue weighted by Gasteiger charge is -2.36. The van der Waals surface area contributed by atoms with Gasteiger partial charge in [-0.3, -0.25) is 0 Å². The maximum Gasteiger partial charge on any atom is 0.251 e. The zero-order chi connectivity index (χ0) is 16.1. The van der Waals surface area contributed by atoms with E-state index in [9.17, 15) is 0 Å². The van der Waals surface area contributed by atoms with Crippen molar-refractivity contribution in [3.63, 3.8) is 0 Å². The molecule has 0 saturated carbocycles. The fraction of sp³-hybridized carbons (Fsp3) is 0.714. The Morgan fingerprint density at radius 3 is 1.86 bits per heavy atom. The number of ether oxygens (including phenoxy) is 2. The fourth-order valence-electron chi connectivity index (χ4n) is 1.78. The highest BCUT2D eigenvalue weighted by molar-refractivity contribution is 6.19. The molecular weight excluding hydrogens is 351 g/mol. The summed E-state index contributed by atoms with van der Waals surface area (Å²) in [6.45, 7) is 4.44. The number of hydrogen-bond donors (Lipinski definition) is 0. The molecule has 0 amide bonds. The molecule has 0 aliphatic heterocycles. The highest BCUT2D eigenvalue weighted by Gasteiger charge is 2.35. The van der Waals surface area contributed by atoms with Gasteiger partial charge in [0.2, 0.25) is 0 Å². The Hall–Kier alpha value is 0.127. The number of hydrogen-bond acceptors (Lipinski definition) is 3. The van der Waals surface area contributed by atoms with Crippen molar-refractivity contribution in [1.82, 2.24) is 0 Å². The lowest BCUT2D eigenvalue weighted by molar-refractivity contribution is -0.197. The van der Waals surface area contributed by atoms with E-state index in [0.29, 0.717) is 36.8 Å². The zero-order valence-electron chi connectivity index (χ0n) is 13.0. The van der Waals surface area contributed by atoms with E-state index in [1.54, 1.807) is 0 Å². The van der Waals surface area contributed by atoms with E-state index in [1.807, 2.05) is 26.0 Å². The van der Waals surface area contributed by atoms with Crippen molar-refractivity contribution in [1.29, 1.82) is 0 Å². The first-order chi connectivity index (χ1) is 10.1. The van der Waals surface area contributed by atoms with Crippen molar-refractivity contribution in [2.24, 2.45) is 0 Å². The number of rotatable bonds is 12. The molecule has 3 nitrogen and oxygen atoms in total. The van der Waals surface area contributed by atoms with Gasteiger partial charge in [-0.25, -0.2) is 0 Å². The van der Waals surface area contributed by atoms with Gasteiger partial charge in [0.05, 0.1) is 11.8 Å². The lowest BCUT2D eigenvalue weighted by atomic mass is 10.1. The van der Waals surface area contributed by atoms with Gasteiger partial charge in [-0.15, -0.1) is 34.8 Å². The van der Waals surface area contributed by atoms with E-state index in [1.165, 1.54) is 0 Å². The third-order valence-electron chi connectivity index (χ3n) is 2.92. The van der Waals surface area contributed by atoms with Crippen LogP contribution < -0.4 is 0 Å². The third kappa shape index (κ3) is 8.36. The molecule has 0 atom stereocenters. The Morgan fingerprint density at radius 2 is 1.52 bits per heavy atom. The van der Waals surface area contributed by atoms with Crippen molar-refractivity contribution >= 4 is 45.3 Å². The fourth-order valence-corrected chi connectivity index (χ4v) is 2.78. The summed E-state index contributed by atoms with van der Waals surface area (Å²) in [5.74, 6) is 1.47. The van der Waals surface area contributed by atoms with Gasteiger partial charge in [0.1, 0.15) is 22.0 Å². The van der Waals surface area contributed by atoms with Crippen LogP contribution in [-0.2, 0) is 13.9 Å². The molecule has 0 aliphatic carbocycles. The summed E-state index contributed by atoms with van der Waals surface area (Å²) in [6, 6.07) is 0. The van der Waals surface area contributed by atoms with Crippen LogP contribution in [0.25, 0.3) is 0 Å². The normalized spacial score (nSPS) is 15.9. The first-order valence-electron chi connectivity index (χ1n) is 6.96. The van der Waals surface area contributed by atoms with E-state index in [-0.39, 0.29) is 11.8 Å². The van der Waals surface area contributed by atoms with Gasteiger partial charge in [-0.05, 0) is 32.4 Å². The average Bonchev–Trinajstić information content (AvgIpc) is 2.50. The number of allylic oxidation sites excluding steroid dienone is 4. The van der Waals surface area contributed by atoms with Crippen molar-refractivity contribution in [3.8, 4) is 0 Å². The van der Waals surface area contributed by atoms with Gasteiger partial charge in [0.15, 0.2) is 0 Å². The van der Waals surface area contributed by atoms with Crippen LogP contribution in [0, 0.1) is 0 Å². The van der Waals surface area contributed by atoms with E-state index >= 15 is 0 Å². The molecule has 21 heavy (non-hydrogen) atoms. The molecule has 0 fully saturated rings. The Morgan fingerprint density at radius 1 is 1.00 bits per heavy atom. The summed E-state index contributed by atoms with van der Waals surface area (Å²) in [5, 5.41) is 0. The first kappa shape index (κ1) is 21.1. The Bertz CT molecular complexity index is 313. The Labute approximate surface area is 146 Å². The molecule has 0 saturated heterocycles. The summed E-state index contributed by atoms with van der Waals surface area (Å²) in [7, 11) is 0.719. The van der Waals surface area contributed by atoms with Crippen molar-refractivity contribution < 1.29 is 13.9 Å². The second-order valence-electron chi connectivity index (χ2n) is 4.43. The van der Waals surface area contributed by atoms with Crippen molar-refractivity contribution in [2.45, 2.75) is 38.9 Å². The van der Waals surface area contributed by atoms with Crippen LogP contribution >= 0.6 is 34.8 Å². The second-order valence-corrected chi connectivity index (χ2v) is 5.92. The zero-order valence-corrected chi connectivity index (χ0v) is 17.2. The smallest absolute Gasteiger partial charge is 0.251 e. The third-order valence-corrected chi connectivity index (χ3v) is 4.05. The highest BCUT2D eigenvalue weighted by Crippen LogP contribution is 2.31. The van der Waals surface area contributed by atoms with Gasteiger partial charge in [0.25, 0.3) is 5.79 Å². The molecule has 0 unspecified atom stereocenters. The van der Waals surface area contributed by atoms with E-state index in [4.69, 9.17) is 48.7 Å². The van der Waals surface area contributed by atoms with E-state index in [0.717, 1.165) is 16.9 Å². The summed E-state index contributed by atoms with van der Waals surface area (Å²) in [4.78, 5) is 0. The summed E-state index contributed by atoms with van der Waals surface area (Å²) < 4.78 is 17.3. The van der Waals surface area contributed by atoms with Gasteiger partial charge in [-0.2, -0.15) is 0 Å². The minimum Gasteiger partial charge on any atom is -0.456 e. The molecule has 0 bridgehead atoms. The maximum atomic E-state index is 6.04. The maximum absolute atomic E-state index is 6.04.